The molecule has 1 saturated heterocycles. The van der Waals surface area contributed by atoms with Crippen molar-refractivity contribution in [3.05, 3.63) is 52.0 Å². The Morgan fingerprint density at radius 2 is 1.84 bits per heavy atom. The highest BCUT2D eigenvalue weighted by atomic mass is 32.2. The summed E-state index contributed by atoms with van der Waals surface area (Å²) in [6.07, 6.45) is 11.5. The lowest BCUT2D eigenvalue weighted by atomic mass is 9.92. The number of benzene rings is 1. The number of hydrogen-bond donors (Lipinski definition) is 1. The summed E-state index contributed by atoms with van der Waals surface area (Å²) in [5, 5.41) is 0. The number of hydrogen-bond acceptors (Lipinski definition) is 4. The summed E-state index contributed by atoms with van der Waals surface area (Å²) in [6.45, 7) is 4.08. The molecule has 1 aromatic heterocycles. The van der Waals surface area contributed by atoms with Gasteiger partial charge in [0.2, 0.25) is 10.0 Å². The maximum Gasteiger partial charge on any atom is 0.254 e. The molecule has 0 bridgehead atoms. The number of allylic oxidation sites excluding steroid dienone is 1. The number of piperidine rings is 1. The van der Waals surface area contributed by atoms with Crippen molar-refractivity contribution in [2.75, 3.05) is 24.5 Å². The van der Waals surface area contributed by atoms with Crippen LogP contribution in [-0.4, -0.2) is 32.6 Å². The average molecular weight is 440 g/mol. The van der Waals surface area contributed by atoms with Gasteiger partial charge in [0.1, 0.15) is 0 Å². The van der Waals surface area contributed by atoms with Crippen LogP contribution in [0, 0.1) is 5.41 Å². The Bertz CT molecular complexity index is 1230. The molecular weight excluding hydrogens is 410 g/mol. The summed E-state index contributed by atoms with van der Waals surface area (Å²) in [4.78, 5) is 15.3. The number of nitrogens with zero attached hydrogens (tertiary/aromatic N) is 2. The number of pyridine rings is 1. The first-order valence-electron chi connectivity index (χ1n) is 11.1. The van der Waals surface area contributed by atoms with Crippen LogP contribution in [0.25, 0.3) is 17.2 Å². The van der Waals surface area contributed by atoms with E-state index in [2.05, 4.69) is 9.62 Å². The van der Waals surface area contributed by atoms with Gasteiger partial charge >= 0.3 is 0 Å². The molecule has 2 heterocycles. The zero-order valence-corrected chi connectivity index (χ0v) is 19.0. The molecular formula is C24H29N3O3S. The number of rotatable bonds is 5. The monoisotopic (exact) mass is 439 g/mol. The van der Waals surface area contributed by atoms with Gasteiger partial charge in [0, 0.05) is 55.3 Å². The van der Waals surface area contributed by atoms with Crippen molar-refractivity contribution >= 4 is 21.8 Å². The number of sulfonamides is 1. The third-order valence-corrected chi connectivity index (χ3v) is 8.69. The van der Waals surface area contributed by atoms with Crippen LogP contribution in [0.2, 0.25) is 0 Å². The smallest absolute Gasteiger partial charge is 0.254 e. The second kappa shape index (κ2) is 7.35. The van der Waals surface area contributed by atoms with Crippen LogP contribution in [0.4, 0.5) is 5.69 Å². The van der Waals surface area contributed by atoms with Crippen molar-refractivity contribution in [3.8, 4) is 11.1 Å². The Kier molecular flexibility index (Phi) is 4.86. The molecule has 5 rings (SSSR count). The van der Waals surface area contributed by atoms with Gasteiger partial charge in [0.25, 0.3) is 5.56 Å². The molecule has 0 radical (unpaired) electrons. The maximum absolute atomic E-state index is 12.8. The summed E-state index contributed by atoms with van der Waals surface area (Å²) in [6, 6.07) is 5.43. The van der Waals surface area contributed by atoms with Gasteiger partial charge in [-0.15, -0.1) is 0 Å². The minimum atomic E-state index is -3.58. The number of aryl methyl sites for hydroxylation is 1. The Morgan fingerprint density at radius 1 is 1.10 bits per heavy atom. The Morgan fingerprint density at radius 3 is 2.52 bits per heavy atom. The van der Waals surface area contributed by atoms with Gasteiger partial charge in [-0.25, -0.2) is 13.1 Å². The molecule has 164 valence electrons. The van der Waals surface area contributed by atoms with Crippen LogP contribution in [0.1, 0.15) is 43.7 Å². The summed E-state index contributed by atoms with van der Waals surface area (Å²) in [7, 11) is -1.82. The highest BCUT2D eigenvalue weighted by molar-refractivity contribution is 7.89. The summed E-state index contributed by atoms with van der Waals surface area (Å²) < 4.78 is 29.7. The van der Waals surface area contributed by atoms with Crippen molar-refractivity contribution in [2.45, 2.75) is 43.9 Å². The molecule has 7 heteroatoms. The van der Waals surface area contributed by atoms with Crippen LogP contribution in [0.15, 0.2) is 40.2 Å². The normalized spacial score (nSPS) is 19.1. The lowest BCUT2D eigenvalue weighted by Gasteiger charge is -2.35. The Balaban J connectivity index is 1.67. The van der Waals surface area contributed by atoms with E-state index in [0.717, 1.165) is 41.0 Å². The number of fused-ring (bicyclic) bond motifs is 1. The maximum atomic E-state index is 12.8. The van der Waals surface area contributed by atoms with E-state index in [4.69, 9.17) is 0 Å². The van der Waals surface area contributed by atoms with E-state index in [1.807, 2.05) is 24.4 Å². The largest absolute Gasteiger partial charge is 0.371 e. The fraction of sp³-hybridized carbons (Fsp3) is 0.458. The Hall–Kier alpha value is -2.38. The van der Waals surface area contributed by atoms with E-state index >= 15 is 0 Å². The fourth-order valence-electron chi connectivity index (χ4n) is 5.06. The number of aromatic nitrogens is 1. The first kappa shape index (κ1) is 20.5. The zero-order valence-electron chi connectivity index (χ0n) is 18.1. The van der Waals surface area contributed by atoms with E-state index in [9.17, 15) is 13.2 Å². The molecule has 2 aliphatic carbocycles. The quantitative estimate of drug-likeness (QED) is 0.776. The molecule has 6 nitrogen and oxygen atoms in total. The molecule has 1 spiro atoms. The number of nitrogens with one attached hydrogen (secondary N) is 1. The van der Waals surface area contributed by atoms with Crippen molar-refractivity contribution in [1.82, 2.24) is 9.29 Å². The molecule has 0 unspecified atom stereocenters. The molecule has 1 aromatic carbocycles. The molecule has 2 fully saturated rings. The topological polar surface area (TPSA) is 71.4 Å². The first-order valence-corrected chi connectivity index (χ1v) is 12.6. The minimum Gasteiger partial charge on any atom is -0.371 e. The van der Waals surface area contributed by atoms with Gasteiger partial charge in [-0.2, -0.15) is 0 Å². The minimum absolute atomic E-state index is 0.00961. The van der Waals surface area contributed by atoms with Crippen molar-refractivity contribution < 1.29 is 8.42 Å². The number of anilines is 1. The van der Waals surface area contributed by atoms with E-state index in [1.165, 1.54) is 25.7 Å². The van der Waals surface area contributed by atoms with Gasteiger partial charge in [0.05, 0.1) is 4.90 Å². The van der Waals surface area contributed by atoms with Crippen molar-refractivity contribution in [2.24, 2.45) is 12.5 Å². The zero-order chi connectivity index (χ0) is 21.8. The van der Waals surface area contributed by atoms with Crippen LogP contribution in [0.3, 0.4) is 0 Å². The molecule has 1 aliphatic heterocycles. The van der Waals surface area contributed by atoms with Crippen molar-refractivity contribution in [1.29, 1.82) is 0 Å². The summed E-state index contributed by atoms with van der Waals surface area (Å²) in [5.41, 5.74) is 5.11. The lowest BCUT2D eigenvalue weighted by molar-refractivity contribution is 0.384. The molecule has 31 heavy (non-hydrogen) atoms. The standard InChI is InChI=1S/C24H29N3O3S/c1-3-25-31(29,30)17-7-8-22(27-13-11-24(9-10-24)12-14-27)20(15-17)21-16-26(2)23(28)19-6-4-5-18(19)21/h4-5,7-8,15-16,25H,3,6,9-14H2,1-2H3. The summed E-state index contributed by atoms with van der Waals surface area (Å²) in [5.74, 6) is 0. The molecule has 3 aliphatic rings. The SMILES string of the molecule is CCNS(=O)(=O)c1ccc(N2CCC3(CC2)CC3)c(-c2cn(C)c(=O)c3c2C=CC3)c1. The first-order chi connectivity index (χ1) is 14.8. The second-order valence-electron chi connectivity index (χ2n) is 9.12. The fourth-order valence-corrected chi connectivity index (χ4v) is 6.12. The lowest BCUT2D eigenvalue weighted by Crippen LogP contribution is -2.35. The third kappa shape index (κ3) is 3.53. The predicted octanol–water partition coefficient (Wildman–Crippen LogP) is 3.30. The van der Waals surface area contributed by atoms with Gasteiger partial charge < -0.3 is 9.47 Å². The van der Waals surface area contributed by atoms with Crippen LogP contribution < -0.4 is 15.2 Å². The van der Waals surface area contributed by atoms with Crippen molar-refractivity contribution in [3.63, 3.8) is 0 Å². The molecule has 2 aromatic rings. The van der Waals surface area contributed by atoms with Gasteiger partial charge in [-0.05, 0) is 61.3 Å². The average Bonchev–Trinajstić information content (AvgIpc) is 3.31. The van der Waals surface area contributed by atoms with Gasteiger partial charge in [-0.1, -0.05) is 19.1 Å². The molecule has 1 N–H and O–H groups in total. The second-order valence-corrected chi connectivity index (χ2v) is 10.9. The van der Waals surface area contributed by atoms with Crippen LogP contribution in [-0.2, 0) is 23.5 Å². The van der Waals surface area contributed by atoms with Gasteiger partial charge in [-0.3, -0.25) is 4.79 Å². The molecule has 1 saturated carbocycles. The Labute approximate surface area is 183 Å². The summed E-state index contributed by atoms with van der Waals surface area (Å²) >= 11 is 0. The highest BCUT2D eigenvalue weighted by Crippen LogP contribution is 2.54. The van der Waals surface area contributed by atoms with E-state index < -0.39 is 10.0 Å². The highest BCUT2D eigenvalue weighted by Gasteiger charge is 2.44. The van der Waals surface area contributed by atoms with E-state index in [-0.39, 0.29) is 10.5 Å². The molecule has 0 atom stereocenters. The van der Waals surface area contributed by atoms with E-state index in [0.29, 0.717) is 18.4 Å². The van der Waals surface area contributed by atoms with E-state index in [1.54, 1.807) is 30.7 Å². The predicted molar refractivity (Wildman–Crippen MR) is 124 cm³/mol. The molecule has 0 amide bonds. The van der Waals surface area contributed by atoms with Crippen LogP contribution >= 0.6 is 0 Å². The van der Waals surface area contributed by atoms with Crippen LogP contribution in [0.5, 0.6) is 0 Å². The van der Waals surface area contributed by atoms with Gasteiger partial charge in [0.15, 0.2) is 0 Å². The third-order valence-electron chi connectivity index (χ3n) is 7.15.